The van der Waals surface area contributed by atoms with E-state index in [1.165, 1.54) is 0 Å². The van der Waals surface area contributed by atoms with Crippen LogP contribution in [0.1, 0.15) is 34.1 Å². The van der Waals surface area contributed by atoms with Gasteiger partial charge in [0.05, 0.1) is 0 Å². The van der Waals surface area contributed by atoms with Gasteiger partial charge in [-0.15, -0.1) is 11.8 Å². The van der Waals surface area contributed by atoms with Crippen molar-refractivity contribution in [2.24, 2.45) is 0 Å². The Labute approximate surface area is 140 Å². The van der Waals surface area contributed by atoms with E-state index in [9.17, 15) is 9.59 Å². The number of Topliss-reactive ketones (excluding diaryl/α,β-unsaturated/α-hetero) is 1. The lowest BCUT2D eigenvalue weighted by Gasteiger charge is -2.25. The van der Waals surface area contributed by atoms with E-state index < -0.39 is 0 Å². The predicted octanol–water partition coefficient (Wildman–Crippen LogP) is 3.92. The molecule has 1 saturated heterocycles. The average molecular weight is 325 g/mol. The van der Waals surface area contributed by atoms with E-state index in [4.69, 9.17) is 0 Å². The number of thioether (sulfide) groups is 1. The Morgan fingerprint density at radius 3 is 2.39 bits per heavy atom. The van der Waals surface area contributed by atoms with Gasteiger partial charge in [-0.3, -0.25) is 9.59 Å². The molecule has 0 aliphatic carbocycles. The molecule has 0 radical (unpaired) electrons. The Morgan fingerprint density at radius 2 is 1.74 bits per heavy atom. The summed E-state index contributed by atoms with van der Waals surface area (Å²) in [6.45, 7) is 0. The summed E-state index contributed by atoms with van der Waals surface area (Å²) in [6.07, 6.45) is 2.11. The third-order valence-electron chi connectivity index (χ3n) is 4.15. The van der Waals surface area contributed by atoms with Crippen LogP contribution in [-0.2, 0) is 4.79 Å². The molecule has 3 nitrogen and oxygen atoms in total. The maximum atomic E-state index is 12.2. The van der Waals surface area contributed by atoms with Crippen molar-refractivity contribution in [3.05, 3.63) is 71.8 Å². The first-order valence-electron chi connectivity index (χ1n) is 7.77. The Balaban J connectivity index is 1.63. The summed E-state index contributed by atoms with van der Waals surface area (Å²) >= 11 is 1.77. The SMILES string of the molecule is O=CN1C(CCC(=O)c2ccccc2)CSC1c1ccccc1. The maximum Gasteiger partial charge on any atom is 0.211 e. The molecular weight excluding hydrogens is 306 g/mol. The third kappa shape index (κ3) is 3.64. The van der Waals surface area contributed by atoms with Crippen LogP contribution >= 0.6 is 11.8 Å². The van der Waals surface area contributed by atoms with Gasteiger partial charge in [-0.1, -0.05) is 60.7 Å². The Kier molecular flexibility index (Phi) is 5.13. The Hall–Kier alpha value is -2.07. The maximum absolute atomic E-state index is 12.2. The molecule has 1 heterocycles. The molecular formula is C19H19NO2S. The molecule has 0 bridgehead atoms. The highest BCUT2D eigenvalue weighted by Gasteiger charge is 2.33. The van der Waals surface area contributed by atoms with Crippen LogP contribution in [-0.4, -0.2) is 28.9 Å². The van der Waals surface area contributed by atoms with Crippen LogP contribution in [0, 0.1) is 0 Å². The fraction of sp³-hybridized carbons (Fsp3) is 0.263. The van der Waals surface area contributed by atoms with Crippen LogP contribution in [0.4, 0.5) is 0 Å². The van der Waals surface area contributed by atoms with Crippen molar-refractivity contribution < 1.29 is 9.59 Å². The topological polar surface area (TPSA) is 37.4 Å². The van der Waals surface area contributed by atoms with Gasteiger partial charge in [0.1, 0.15) is 5.37 Å². The van der Waals surface area contributed by atoms with E-state index in [1.807, 2.05) is 65.6 Å². The number of hydrogen-bond acceptors (Lipinski definition) is 3. The molecule has 0 aromatic heterocycles. The number of carbonyl (C=O) groups is 2. The minimum absolute atomic E-state index is 0.0607. The number of benzene rings is 2. The molecule has 2 atom stereocenters. The van der Waals surface area contributed by atoms with Crippen LogP contribution in [0.2, 0.25) is 0 Å². The smallest absolute Gasteiger partial charge is 0.211 e. The first-order chi connectivity index (χ1) is 11.3. The lowest BCUT2D eigenvalue weighted by Crippen LogP contribution is -2.31. The Morgan fingerprint density at radius 1 is 1.09 bits per heavy atom. The molecule has 2 aromatic rings. The summed E-state index contributed by atoms with van der Waals surface area (Å²) in [5, 5.41) is 0.0607. The number of ketones is 1. The Bertz CT molecular complexity index is 660. The summed E-state index contributed by atoms with van der Waals surface area (Å²) < 4.78 is 0. The molecule has 4 heteroatoms. The monoisotopic (exact) mass is 325 g/mol. The number of nitrogens with zero attached hydrogens (tertiary/aromatic N) is 1. The normalized spacial score (nSPS) is 20.4. The van der Waals surface area contributed by atoms with Crippen LogP contribution < -0.4 is 0 Å². The van der Waals surface area contributed by atoms with Gasteiger partial charge in [0.25, 0.3) is 0 Å². The first-order valence-corrected chi connectivity index (χ1v) is 8.82. The van der Waals surface area contributed by atoms with Gasteiger partial charge in [0.15, 0.2) is 5.78 Å². The molecule has 1 aliphatic rings. The second kappa shape index (κ2) is 7.47. The summed E-state index contributed by atoms with van der Waals surface area (Å²) in [6, 6.07) is 19.5. The van der Waals surface area contributed by atoms with Crippen molar-refractivity contribution in [1.82, 2.24) is 4.90 Å². The van der Waals surface area contributed by atoms with Gasteiger partial charge in [-0.05, 0) is 12.0 Å². The second-order valence-electron chi connectivity index (χ2n) is 5.63. The minimum Gasteiger partial charge on any atom is -0.325 e. The van der Waals surface area contributed by atoms with Gasteiger partial charge < -0.3 is 4.90 Å². The lowest BCUT2D eigenvalue weighted by molar-refractivity contribution is -0.120. The van der Waals surface area contributed by atoms with Gasteiger partial charge in [-0.2, -0.15) is 0 Å². The van der Waals surface area contributed by atoms with Crippen LogP contribution in [0.3, 0.4) is 0 Å². The standard InChI is InChI=1S/C19H19NO2S/c21-14-20-17(11-12-18(22)15-7-3-1-4-8-15)13-23-19(20)16-9-5-2-6-10-16/h1-10,14,17,19H,11-13H2. The largest absolute Gasteiger partial charge is 0.325 e. The van der Waals surface area contributed by atoms with E-state index >= 15 is 0 Å². The van der Waals surface area contributed by atoms with Crippen LogP contribution in [0.25, 0.3) is 0 Å². The molecule has 3 rings (SSSR count). The van der Waals surface area contributed by atoms with E-state index in [0.717, 1.165) is 23.3 Å². The third-order valence-corrected chi connectivity index (χ3v) is 5.55. The summed E-state index contributed by atoms with van der Waals surface area (Å²) in [5.41, 5.74) is 1.89. The second-order valence-corrected chi connectivity index (χ2v) is 6.74. The van der Waals surface area contributed by atoms with Crippen molar-refractivity contribution >= 4 is 24.0 Å². The van der Waals surface area contributed by atoms with E-state index in [2.05, 4.69) is 0 Å². The van der Waals surface area contributed by atoms with Crippen molar-refractivity contribution in [2.75, 3.05) is 5.75 Å². The summed E-state index contributed by atoms with van der Waals surface area (Å²) in [5.74, 6) is 1.02. The zero-order chi connectivity index (χ0) is 16.1. The van der Waals surface area contributed by atoms with Crippen LogP contribution in [0.15, 0.2) is 60.7 Å². The lowest BCUT2D eigenvalue weighted by atomic mass is 10.0. The molecule has 23 heavy (non-hydrogen) atoms. The molecule has 118 valence electrons. The quantitative estimate of drug-likeness (QED) is 0.597. The highest BCUT2D eigenvalue weighted by Crippen LogP contribution is 2.41. The molecule has 2 aromatic carbocycles. The zero-order valence-electron chi connectivity index (χ0n) is 12.8. The number of carbonyl (C=O) groups excluding carboxylic acids is 2. The number of amides is 1. The average Bonchev–Trinajstić information content (AvgIpc) is 3.04. The first kappa shape index (κ1) is 15.8. The number of rotatable bonds is 6. The minimum atomic E-state index is 0.0607. The van der Waals surface area contributed by atoms with Crippen molar-refractivity contribution in [3.63, 3.8) is 0 Å². The van der Waals surface area contributed by atoms with E-state index in [0.29, 0.717) is 12.8 Å². The van der Waals surface area contributed by atoms with Crippen molar-refractivity contribution in [3.8, 4) is 0 Å². The summed E-state index contributed by atoms with van der Waals surface area (Å²) in [7, 11) is 0. The highest BCUT2D eigenvalue weighted by molar-refractivity contribution is 7.99. The fourth-order valence-electron chi connectivity index (χ4n) is 2.89. The molecule has 1 amide bonds. The molecule has 0 N–H and O–H groups in total. The molecule has 1 aliphatic heterocycles. The van der Waals surface area contributed by atoms with Crippen molar-refractivity contribution in [2.45, 2.75) is 24.3 Å². The highest BCUT2D eigenvalue weighted by atomic mass is 32.2. The molecule has 1 fully saturated rings. The van der Waals surface area contributed by atoms with Gasteiger partial charge in [0, 0.05) is 23.8 Å². The summed E-state index contributed by atoms with van der Waals surface area (Å²) in [4.78, 5) is 25.6. The molecule has 0 spiro atoms. The predicted molar refractivity (Wildman–Crippen MR) is 93.3 cm³/mol. The van der Waals surface area contributed by atoms with Gasteiger partial charge >= 0.3 is 0 Å². The van der Waals surface area contributed by atoms with Crippen molar-refractivity contribution in [1.29, 1.82) is 0 Å². The molecule has 0 saturated carbocycles. The van der Waals surface area contributed by atoms with Gasteiger partial charge in [-0.25, -0.2) is 0 Å². The molecule has 2 unspecified atom stereocenters. The number of hydrogen-bond donors (Lipinski definition) is 0. The fourth-order valence-corrected chi connectivity index (χ4v) is 4.38. The van der Waals surface area contributed by atoms with Gasteiger partial charge in [0.2, 0.25) is 6.41 Å². The van der Waals surface area contributed by atoms with E-state index in [-0.39, 0.29) is 17.2 Å². The zero-order valence-corrected chi connectivity index (χ0v) is 13.6. The van der Waals surface area contributed by atoms with E-state index in [1.54, 1.807) is 11.8 Å². The van der Waals surface area contributed by atoms with Crippen LogP contribution in [0.5, 0.6) is 0 Å².